The second kappa shape index (κ2) is 14.1. The van der Waals surface area contributed by atoms with Gasteiger partial charge in [-0.25, -0.2) is 14.3 Å². The van der Waals surface area contributed by atoms with Crippen LogP contribution in [0.1, 0.15) is 24.9 Å². The fourth-order valence-corrected chi connectivity index (χ4v) is 7.37. The Hall–Kier alpha value is -4.27. The van der Waals surface area contributed by atoms with Crippen LogP contribution in [-0.4, -0.2) is 91.2 Å². The molecule has 21 heteroatoms. The van der Waals surface area contributed by atoms with E-state index >= 15 is 0 Å². The number of aryl methyl sites for hydroxylation is 1. The molecule has 5 rings (SSSR count). The SMILES string of the molecule is CNCCCn1c(C(F)(F)F)nc2c1ccc[n+]2CC1=C(C=O)N2C(=O)C(NC(=O)/C(=N\O[C@@H](C)C(=O)O)c3nc(N)sc3Cl)C2SC1. The number of nitrogens with zero attached hydrogens (tertiary/aromatic N) is 6. The van der Waals surface area contributed by atoms with E-state index in [9.17, 15) is 32.3 Å². The van der Waals surface area contributed by atoms with Crippen LogP contribution in [0.3, 0.4) is 0 Å². The number of alkyl halides is 3. The number of hydrogen-bond donors (Lipinski definition) is 4. The number of carboxylic acid groups (broad SMARTS) is 1. The van der Waals surface area contributed by atoms with Crippen LogP contribution in [0.15, 0.2) is 34.8 Å². The largest absolute Gasteiger partial charge is 0.478 e. The van der Waals surface area contributed by atoms with Crippen molar-refractivity contribution in [2.45, 2.75) is 50.1 Å². The number of fused-ring (bicyclic) bond motifs is 2. The number of carbonyl (C=O) groups excluding carboxylic acids is 3. The maximum absolute atomic E-state index is 14.0. The molecule has 2 aliphatic heterocycles. The number of β-lactam (4-membered cyclic amide) rings is 1. The highest BCUT2D eigenvalue weighted by Gasteiger charge is 2.53. The molecule has 0 bridgehead atoms. The maximum atomic E-state index is 14.0. The van der Waals surface area contributed by atoms with Crippen LogP contribution < -0.4 is 20.9 Å². The van der Waals surface area contributed by atoms with E-state index in [1.54, 1.807) is 25.4 Å². The van der Waals surface area contributed by atoms with Gasteiger partial charge in [0.2, 0.25) is 6.10 Å². The molecule has 3 atom stereocenters. The molecular weight excluding hydrogens is 703 g/mol. The zero-order valence-corrected chi connectivity index (χ0v) is 27.5. The maximum Gasteiger partial charge on any atom is 0.475 e. The number of rotatable bonds is 13. The molecule has 3 aromatic heterocycles. The lowest BCUT2D eigenvalue weighted by Gasteiger charge is -2.49. The van der Waals surface area contributed by atoms with Crippen LogP contribution in [0.5, 0.6) is 0 Å². The van der Waals surface area contributed by atoms with Crippen LogP contribution in [0, 0.1) is 0 Å². The van der Waals surface area contributed by atoms with E-state index < -0.39 is 53.0 Å². The summed E-state index contributed by atoms with van der Waals surface area (Å²) < 4.78 is 44.5. The molecule has 5 heterocycles. The number of thiazole rings is 1. The van der Waals surface area contributed by atoms with Gasteiger partial charge in [-0.15, -0.1) is 11.8 Å². The van der Waals surface area contributed by atoms with E-state index in [2.05, 4.69) is 25.8 Å². The summed E-state index contributed by atoms with van der Waals surface area (Å²) in [6, 6.07) is 1.99. The third-order valence-corrected chi connectivity index (χ3v) is 9.81. The third-order valence-electron chi connectivity index (χ3n) is 7.39. The molecule has 5 N–H and O–H groups in total. The summed E-state index contributed by atoms with van der Waals surface area (Å²) in [6.07, 6.45) is -3.68. The normalized spacial score (nSPS) is 18.8. The molecule has 3 aromatic rings. The van der Waals surface area contributed by atoms with Crippen LogP contribution in [0.2, 0.25) is 4.34 Å². The van der Waals surface area contributed by atoms with Crippen molar-refractivity contribution in [3.05, 3.63) is 45.5 Å². The number of thioether (sulfide) groups is 1. The molecular formula is C27H28ClF3N9O6S2+. The molecule has 256 valence electrons. The van der Waals surface area contributed by atoms with E-state index in [1.165, 1.54) is 28.2 Å². The summed E-state index contributed by atoms with van der Waals surface area (Å²) >= 11 is 8.21. The van der Waals surface area contributed by atoms with Gasteiger partial charge in [0.1, 0.15) is 33.5 Å². The zero-order chi connectivity index (χ0) is 34.9. The highest BCUT2D eigenvalue weighted by Crippen LogP contribution is 2.40. The van der Waals surface area contributed by atoms with E-state index in [0.29, 0.717) is 24.8 Å². The Labute approximate surface area is 282 Å². The Morgan fingerprint density at radius 2 is 2.12 bits per heavy atom. The van der Waals surface area contributed by atoms with Gasteiger partial charge in [-0.3, -0.25) is 23.9 Å². The molecule has 48 heavy (non-hydrogen) atoms. The van der Waals surface area contributed by atoms with Crippen molar-refractivity contribution < 1.29 is 46.9 Å². The number of hydrogen-bond acceptors (Lipinski definition) is 12. The first-order chi connectivity index (χ1) is 22.8. The Bertz CT molecular complexity index is 1850. The predicted octanol–water partition coefficient (Wildman–Crippen LogP) is 1.39. The molecule has 0 saturated carbocycles. The number of pyridine rings is 1. The van der Waals surface area contributed by atoms with Crippen LogP contribution >= 0.6 is 34.7 Å². The number of nitrogen functional groups attached to an aromatic ring is 1. The molecule has 1 saturated heterocycles. The number of nitrogens with two attached hydrogens (primary N) is 1. The molecule has 1 fully saturated rings. The number of imidazole rings is 1. The fourth-order valence-electron chi connectivity index (χ4n) is 5.09. The molecule has 0 aliphatic carbocycles. The molecule has 15 nitrogen and oxygen atoms in total. The van der Waals surface area contributed by atoms with Crippen molar-refractivity contribution in [1.29, 1.82) is 0 Å². The number of aldehydes is 1. The molecule has 0 spiro atoms. The second-order valence-corrected chi connectivity index (χ2v) is 13.3. The van der Waals surface area contributed by atoms with Crippen LogP contribution in [-0.2, 0) is 43.3 Å². The zero-order valence-electron chi connectivity index (χ0n) is 25.2. The van der Waals surface area contributed by atoms with Gasteiger partial charge in [-0.1, -0.05) is 28.1 Å². The van der Waals surface area contributed by atoms with Crippen molar-refractivity contribution in [1.82, 2.24) is 30.1 Å². The Kier molecular flexibility index (Phi) is 10.3. The van der Waals surface area contributed by atoms with E-state index in [-0.39, 0.29) is 50.9 Å². The molecule has 0 radical (unpaired) electrons. The van der Waals surface area contributed by atoms with Crippen molar-refractivity contribution in [2.24, 2.45) is 5.16 Å². The lowest BCUT2D eigenvalue weighted by atomic mass is 10.0. The lowest BCUT2D eigenvalue weighted by molar-refractivity contribution is -0.664. The van der Waals surface area contributed by atoms with Crippen molar-refractivity contribution >= 4 is 80.8 Å². The first kappa shape index (κ1) is 35.0. The van der Waals surface area contributed by atoms with Gasteiger partial charge in [0.05, 0.1) is 11.9 Å². The van der Waals surface area contributed by atoms with E-state index in [1.807, 2.05) is 0 Å². The fraction of sp³-hybridized carbons (Fsp3) is 0.407. The topological polar surface area (TPSA) is 198 Å². The first-order valence-electron chi connectivity index (χ1n) is 14.2. The van der Waals surface area contributed by atoms with Crippen LogP contribution in [0.4, 0.5) is 18.3 Å². The number of nitrogens with one attached hydrogen (secondary N) is 2. The predicted molar refractivity (Wildman–Crippen MR) is 168 cm³/mol. The number of aliphatic carboxylic acids is 1. The Balaban J connectivity index is 1.39. The summed E-state index contributed by atoms with van der Waals surface area (Å²) in [5.74, 6) is -3.81. The number of oxime groups is 1. The number of anilines is 1. The minimum absolute atomic E-state index is 0.00689. The summed E-state index contributed by atoms with van der Waals surface area (Å²) in [5, 5.41) is 17.5. The summed E-state index contributed by atoms with van der Waals surface area (Å²) in [6.45, 7) is 1.73. The van der Waals surface area contributed by atoms with Gasteiger partial charge >= 0.3 is 23.6 Å². The monoisotopic (exact) mass is 730 g/mol. The number of allylic oxidation sites excluding steroid dienone is 1. The minimum atomic E-state index is -4.70. The summed E-state index contributed by atoms with van der Waals surface area (Å²) in [7, 11) is 1.70. The Morgan fingerprint density at radius 3 is 2.75 bits per heavy atom. The quantitative estimate of drug-likeness (QED) is 0.0495. The van der Waals surface area contributed by atoms with Gasteiger partial charge in [0, 0.05) is 17.9 Å². The molecule has 2 amide bonds. The summed E-state index contributed by atoms with van der Waals surface area (Å²) in [4.78, 5) is 64.2. The first-order valence-corrected chi connectivity index (χ1v) is 16.4. The number of halogens is 4. The second-order valence-electron chi connectivity index (χ2n) is 10.6. The summed E-state index contributed by atoms with van der Waals surface area (Å²) in [5.41, 5.74) is 5.79. The lowest BCUT2D eigenvalue weighted by Crippen LogP contribution is -2.70. The smallest absolute Gasteiger partial charge is 0.475 e. The molecule has 0 aromatic carbocycles. The van der Waals surface area contributed by atoms with Gasteiger partial charge in [-0.05, 0) is 44.1 Å². The third kappa shape index (κ3) is 6.82. The standard InChI is InChI=1S/C27H27ClF3N9O6S2/c1-12(24(44)45)46-37-17(16-19(28)48-26(32)35-16)21(42)34-18-22(43)40-15(10-41)13(11-47-23(18)40)9-38-7-3-5-14-20(38)36-25(27(29,30)31)39(14)8-4-6-33-2/h3,5,7,10,12,18,23,33H,4,6,8-9,11H2,1-2H3,(H3-,32,34,35,42,44,45)/p+1/b37-17-/t12-,18?,23?/m0/s1. The van der Waals surface area contributed by atoms with E-state index in [4.69, 9.17) is 27.3 Å². The average molecular weight is 731 g/mol. The number of carbonyl (C=O) groups is 4. The minimum Gasteiger partial charge on any atom is -0.478 e. The number of aromatic nitrogens is 4. The number of carboxylic acids is 1. The van der Waals surface area contributed by atoms with Gasteiger partial charge in [0.25, 0.3) is 11.8 Å². The van der Waals surface area contributed by atoms with Gasteiger partial charge < -0.3 is 26.3 Å². The van der Waals surface area contributed by atoms with Crippen molar-refractivity contribution in [2.75, 3.05) is 25.1 Å². The number of amides is 2. The van der Waals surface area contributed by atoms with Gasteiger partial charge in [-0.2, -0.15) is 13.2 Å². The highest BCUT2D eigenvalue weighted by atomic mass is 35.5. The average Bonchev–Trinajstić information content (AvgIpc) is 3.59. The molecule has 2 aliphatic rings. The molecule has 2 unspecified atom stereocenters. The van der Waals surface area contributed by atoms with Crippen molar-refractivity contribution in [3.63, 3.8) is 0 Å². The Morgan fingerprint density at radius 1 is 1.38 bits per heavy atom. The van der Waals surface area contributed by atoms with Crippen LogP contribution in [0.25, 0.3) is 11.2 Å². The highest BCUT2D eigenvalue weighted by molar-refractivity contribution is 8.00. The van der Waals surface area contributed by atoms with E-state index in [0.717, 1.165) is 15.9 Å². The van der Waals surface area contributed by atoms with Gasteiger partial charge in [0.15, 0.2) is 17.1 Å². The van der Waals surface area contributed by atoms with Crippen molar-refractivity contribution in [3.8, 4) is 0 Å².